The Balaban J connectivity index is 1.80. The first-order valence-corrected chi connectivity index (χ1v) is 7.19. The van der Waals surface area contributed by atoms with E-state index in [4.69, 9.17) is 5.73 Å². The Morgan fingerprint density at radius 3 is 2.22 bits per heavy atom. The number of hydrogen-bond acceptors (Lipinski definition) is 4. The molecule has 4 N–H and O–H groups in total. The van der Waals surface area contributed by atoms with Crippen molar-refractivity contribution < 1.29 is 9.90 Å². The molecular weight excluding hydrogens is 288 g/mol. The molecule has 114 valence electrons. The molecular formula is C19H16N2O2. The number of nitrogens with two attached hydrogens (primary N) is 1. The summed E-state index contributed by atoms with van der Waals surface area (Å²) in [5, 5.41) is 12.6. The van der Waals surface area contributed by atoms with Crippen LogP contribution in [-0.4, -0.2) is 10.9 Å². The average Bonchev–Trinajstić information content (AvgIpc) is 2.59. The second-order valence-corrected chi connectivity index (χ2v) is 5.17. The number of hydrogen-bond donors (Lipinski definition) is 3. The first-order valence-electron chi connectivity index (χ1n) is 7.19. The first-order chi connectivity index (χ1) is 11.1. The highest BCUT2D eigenvalue weighted by Gasteiger charge is 2.08. The van der Waals surface area contributed by atoms with Crippen LogP contribution in [0.15, 0.2) is 72.8 Å². The summed E-state index contributed by atoms with van der Waals surface area (Å²) in [6.45, 7) is 0. The van der Waals surface area contributed by atoms with Gasteiger partial charge in [0.1, 0.15) is 5.75 Å². The third-order valence-corrected chi connectivity index (χ3v) is 3.50. The summed E-state index contributed by atoms with van der Waals surface area (Å²) in [6, 6.07) is 21.0. The summed E-state index contributed by atoms with van der Waals surface area (Å²) in [4.78, 5) is 12.3. The summed E-state index contributed by atoms with van der Waals surface area (Å²) in [5.74, 6) is 0.117. The van der Waals surface area contributed by atoms with Crippen LogP contribution >= 0.6 is 0 Å². The maximum absolute atomic E-state index is 12.3. The molecule has 0 saturated carbocycles. The van der Waals surface area contributed by atoms with E-state index in [1.165, 1.54) is 6.07 Å². The Morgan fingerprint density at radius 2 is 1.52 bits per heavy atom. The molecule has 4 nitrogen and oxygen atoms in total. The molecule has 0 atom stereocenters. The van der Waals surface area contributed by atoms with Crippen molar-refractivity contribution in [3.05, 3.63) is 83.9 Å². The van der Waals surface area contributed by atoms with E-state index >= 15 is 0 Å². The quantitative estimate of drug-likeness (QED) is 0.387. The fourth-order valence-electron chi connectivity index (χ4n) is 2.27. The predicted octanol–water partition coefficient (Wildman–Crippen LogP) is 3.95. The number of phenols is 1. The molecule has 4 heteroatoms. The van der Waals surface area contributed by atoms with Gasteiger partial charge in [0.15, 0.2) is 5.78 Å². The molecule has 0 aliphatic carbocycles. The minimum absolute atomic E-state index is 0.0194. The Hall–Kier alpha value is -3.27. The molecule has 0 spiro atoms. The van der Waals surface area contributed by atoms with Gasteiger partial charge >= 0.3 is 0 Å². The number of benzene rings is 3. The second-order valence-electron chi connectivity index (χ2n) is 5.17. The second kappa shape index (κ2) is 6.23. The van der Waals surface area contributed by atoms with Crippen LogP contribution in [0.4, 0.5) is 17.1 Å². The predicted molar refractivity (Wildman–Crippen MR) is 92.1 cm³/mol. The SMILES string of the molecule is Nc1ccc(O)cc1Nc1ccc(C(=O)c2ccccc2)cc1. The largest absolute Gasteiger partial charge is 0.508 e. The molecule has 0 saturated heterocycles. The van der Waals surface area contributed by atoms with Crippen molar-refractivity contribution in [1.82, 2.24) is 0 Å². The number of aromatic hydroxyl groups is 1. The molecule has 3 aromatic rings. The van der Waals surface area contributed by atoms with Gasteiger partial charge in [-0.05, 0) is 36.4 Å². The molecule has 0 aromatic heterocycles. The van der Waals surface area contributed by atoms with Gasteiger partial charge in [0.2, 0.25) is 0 Å². The minimum atomic E-state index is -0.0194. The highest BCUT2D eigenvalue weighted by atomic mass is 16.3. The topological polar surface area (TPSA) is 75.3 Å². The third kappa shape index (κ3) is 3.32. The molecule has 0 unspecified atom stereocenters. The van der Waals surface area contributed by atoms with E-state index in [9.17, 15) is 9.90 Å². The average molecular weight is 304 g/mol. The van der Waals surface area contributed by atoms with E-state index in [2.05, 4.69) is 5.32 Å². The fraction of sp³-hybridized carbons (Fsp3) is 0. The van der Waals surface area contributed by atoms with E-state index in [-0.39, 0.29) is 11.5 Å². The Labute approximate surface area is 134 Å². The molecule has 0 aliphatic rings. The van der Waals surface area contributed by atoms with Gasteiger partial charge in [-0.3, -0.25) is 4.79 Å². The number of anilines is 3. The molecule has 3 rings (SSSR count). The lowest BCUT2D eigenvalue weighted by molar-refractivity contribution is 0.103. The lowest BCUT2D eigenvalue weighted by atomic mass is 10.0. The molecule has 0 bridgehead atoms. The Kier molecular flexibility index (Phi) is 3.97. The smallest absolute Gasteiger partial charge is 0.193 e. The standard InChI is InChI=1S/C19H16N2O2/c20-17-11-10-16(22)12-18(17)21-15-8-6-14(7-9-15)19(23)13-4-2-1-3-5-13/h1-12,21-22H,20H2. The number of carbonyl (C=O) groups is 1. The summed E-state index contributed by atoms with van der Waals surface area (Å²) in [7, 11) is 0. The minimum Gasteiger partial charge on any atom is -0.508 e. The number of nitrogen functional groups attached to an aromatic ring is 1. The maximum atomic E-state index is 12.3. The zero-order valence-electron chi connectivity index (χ0n) is 12.4. The van der Waals surface area contributed by atoms with Gasteiger partial charge in [-0.15, -0.1) is 0 Å². The van der Waals surface area contributed by atoms with Gasteiger partial charge in [0.25, 0.3) is 0 Å². The lowest BCUT2D eigenvalue weighted by Gasteiger charge is -2.10. The van der Waals surface area contributed by atoms with E-state index < -0.39 is 0 Å². The summed E-state index contributed by atoms with van der Waals surface area (Å²) < 4.78 is 0. The highest BCUT2D eigenvalue weighted by Crippen LogP contribution is 2.27. The van der Waals surface area contributed by atoms with Crippen LogP contribution in [0, 0.1) is 0 Å². The van der Waals surface area contributed by atoms with Crippen LogP contribution < -0.4 is 11.1 Å². The van der Waals surface area contributed by atoms with Crippen molar-refractivity contribution in [2.75, 3.05) is 11.1 Å². The Morgan fingerprint density at radius 1 is 0.870 bits per heavy atom. The van der Waals surface area contributed by atoms with Crippen LogP contribution in [-0.2, 0) is 0 Å². The van der Waals surface area contributed by atoms with Gasteiger partial charge in [0.05, 0.1) is 11.4 Å². The molecule has 0 amide bonds. The molecule has 0 heterocycles. The zero-order chi connectivity index (χ0) is 16.2. The van der Waals surface area contributed by atoms with Gasteiger partial charge < -0.3 is 16.2 Å². The first kappa shape index (κ1) is 14.7. The van der Waals surface area contributed by atoms with E-state index in [0.717, 1.165) is 5.69 Å². The molecule has 0 aliphatic heterocycles. The zero-order valence-corrected chi connectivity index (χ0v) is 12.4. The maximum Gasteiger partial charge on any atom is 0.193 e. The van der Waals surface area contributed by atoms with Crippen molar-refractivity contribution in [1.29, 1.82) is 0 Å². The number of carbonyl (C=O) groups excluding carboxylic acids is 1. The molecule has 3 aromatic carbocycles. The van der Waals surface area contributed by atoms with Crippen molar-refractivity contribution >= 4 is 22.8 Å². The third-order valence-electron chi connectivity index (χ3n) is 3.50. The molecule has 0 fully saturated rings. The summed E-state index contributed by atoms with van der Waals surface area (Å²) in [6.07, 6.45) is 0. The van der Waals surface area contributed by atoms with Crippen LogP contribution in [0.3, 0.4) is 0 Å². The normalized spacial score (nSPS) is 10.3. The van der Waals surface area contributed by atoms with Crippen molar-refractivity contribution in [3.8, 4) is 5.75 Å². The molecule has 23 heavy (non-hydrogen) atoms. The van der Waals surface area contributed by atoms with Gasteiger partial charge in [-0.2, -0.15) is 0 Å². The van der Waals surface area contributed by atoms with Crippen molar-refractivity contribution in [3.63, 3.8) is 0 Å². The van der Waals surface area contributed by atoms with E-state index in [0.29, 0.717) is 22.5 Å². The number of rotatable bonds is 4. The monoisotopic (exact) mass is 304 g/mol. The number of phenolic OH excluding ortho intramolecular Hbond substituents is 1. The fourth-order valence-corrected chi connectivity index (χ4v) is 2.27. The molecule has 0 radical (unpaired) electrons. The summed E-state index contributed by atoms with van der Waals surface area (Å²) >= 11 is 0. The van der Waals surface area contributed by atoms with Crippen molar-refractivity contribution in [2.24, 2.45) is 0 Å². The van der Waals surface area contributed by atoms with Gasteiger partial charge in [-0.1, -0.05) is 30.3 Å². The van der Waals surface area contributed by atoms with Gasteiger partial charge in [-0.25, -0.2) is 0 Å². The van der Waals surface area contributed by atoms with Crippen molar-refractivity contribution in [2.45, 2.75) is 0 Å². The number of nitrogens with one attached hydrogen (secondary N) is 1. The van der Waals surface area contributed by atoms with Crippen LogP contribution in [0.5, 0.6) is 5.75 Å². The van der Waals surface area contributed by atoms with Crippen LogP contribution in [0.2, 0.25) is 0 Å². The lowest BCUT2D eigenvalue weighted by Crippen LogP contribution is -2.01. The van der Waals surface area contributed by atoms with Crippen LogP contribution in [0.1, 0.15) is 15.9 Å². The highest BCUT2D eigenvalue weighted by molar-refractivity contribution is 6.09. The summed E-state index contributed by atoms with van der Waals surface area (Å²) in [5.41, 5.74) is 9.07. The number of ketones is 1. The van der Waals surface area contributed by atoms with Gasteiger partial charge in [0, 0.05) is 22.9 Å². The van der Waals surface area contributed by atoms with E-state index in [1.807, 2.05) is 18.2 Å². The van der Waals surface area contributed by atoms with Crippen LogP contribution in [0.25, 0.3) is 0 Å². The Bertz CT molecular complexity index is 828. The van der Waals surface area contributed by atoms with E-state index in [1.54, 1.807) is 48.5 Å².